The molecule has 4 rings (SSSR count). The smallest absolute Gasteiger partial charge is 0.329 e. The Morgan fingerprint density at radius 1 is 1.07 bits per heavy atom. The Bertz CT molecular complexity index is 1360. The van der Waals surface area contributed by atoms with Gasteiger partial charge in [0.2, 0.25) is 0 Å². The molecule has 0 saturated heterocycles. The molecule has 146 valence electrons. The van der Waals surface area contributed by atoms with E-state index in [0.29, 0.717) is 11.1 Å². The number of carboxylic acid groups (broad SMARTS) is 1. The highest BCUT2D eigenvalue weighted by Gasteiger charge is 2.17. The summed E-state index contributed by atoms with van der Waals surface area (Å²) in [5, 5.41) is 18.6. The molecule has 7 heteroatoms. The van der Waals surface area contributed by atoms with Crippen molar-refractivity contribution in [1.29, 1.82) is 5.26 Å². The normalized spacial score (nSPS) is 11.2. The third-order valence-corrected chi connectivity index (χ3v) is 5.18. The van der Waals surface area contributed by atoms with Crippen LogP contribution in [0.1, 0.15) is 28.9 Å². The predicted octanol–water partition coefficient (Wildman–Crippen LogP) is 3.07. The molecule has 3 aromatic heterocycles. The van der Waals surface area contributed by atoms with Crippen molar-refractivity contribution >= 4 is 22.5 Å². The summed E-state index contributed by atoms with van der Waals surface area (Å²) in [6.07, 6.45) is -0.126. The number of para-hydroxylation sites is 2. The molecule has 0 unspecified atom stereocenters. The molecule has 0 radical (unpaired) electrons. The molecule has 3 heterocycles. The molecular formula is C22H20N4O3. The van der Waals surface area contributed by atoms with Crippen LogP contribution in [0.5, 0.6) is 0 Å². The van der Waals surface area contributed by atoms with Crippen LogP contribution in [0.15, 0.2) is 47.3 Å². The van der Waals surface area contributed by atoms with Crippen molar-refractivity contribution in [2.75, 3.05) is 0 Å². The van der Waals surface area contributed by atoms with Crippen LogP contribution in [-0.4, -0.2) is 24.6 Å². The molecule has 0 amide bonds. The highest BCUT2D eigenvalue weighted by atomic mass is 16.4. The van der Waals surface area contributed by atoms with Crippen molar-refractivity contribution in [3.63, 3.8) is 0 Å². The Morgan fingerprint density at radius 2 is 1.76 bits per heavy atom. The summed E-state index contributed by atoms with van der Waals surface area (Å²) < 4.78 is 5.14. The summed E-state index contributed by atoms with van der Waals surface area (Å²) in [5.74, 6) is -0.948. The van der Waals surface area contributed by atoms with E-state index in [1.807, 2.05) is 60.7 Å². The molecule has 4 aromatic rings. The fourth-order valence-electron chi connectivity index (χ4n) is 4.01. The topological polar surface area (TPSA) is 92.4 Å². The molecule has 29 heavy (non-hydrogen) atoms. The Labute approximate surface area is 166 Å². The van der Waals surface area contributed by atoms with Gasteiger partial charge in [0.25, 0.3) is 0 Å². The third-order valence-electron chi connectivity index (χ3n) is 5.18. The number of imidazole rings is 1. The number of carboxylic acids is 1. The summed E-state index contributed by atoms with van der Waals surface area (Å²) >= 11 is 0. The van der Waals surface area contributed by atoms with Gasteiger partial charge in [0.1, 0.15) is 6.07 Å². The number of rotatable bonds is 5. The van der Waals surface area contributed by atoms with Crippen molar-refractivity contribution in [2.45, 2.75) is 33.4 Å². The zero-order valence-corrected chi connectivity index (χ0v) is 16.2. The first-order valence-electron chi connectivity index (χ1n) is 9.32. The first kappa shape index (κ1) is 18.6. The summed E-state index contributed by atoms with van der Waals surface area (Å²) in [6, 6.07) is 15.4. The molecule has 0 aliphatic heterocycles. The minimum Gasteiger partial charge on any atom is -0.481 e. The average molecular weight is 388 g/mol. The van der Waals surface area contributed by atoms with E-state index in [4.69, 9.17) is 5.11 Å². The molecule has 7 nitrogen and oxygen atoms in total. The second kappa shape index (κ2) is 6.99. The summed E-state index contributed by atoms with van der Waals surface area (Å²) in [6.45, 7) is 4.36. The summed E-state index contributed by atoms with van der Waals surface area (Å²) in [7, 11) is 0. The number of pyridine rings is 1. The molecular weight excluding hydrogens is 368 g/mol. The zero-order valence-electron chi connectivity index (χ0n) is 16.2. The minimum atomic E-state index is -0.948. The van der Waals surface area contributed by atoms with Crippen molar-refractivity contribution in [3.05, 3.63) is 75.5 Å². The second-order valence-corrected chi connectivity index (χ2v) is 7.21. The first-order chi connectivity index (χ1) is 13.9. The van der Waals surface area contributed by atoms with Gasteiger partial charge in [-0.05, 0) is 49.7 Å². The van der Waals surface area contributed by atoms with Gasteiger partial charge in [-0.2, -0.15) is 5.26 Å². The van der Waals surface area contributed by atoms with Crippen LogP contribution in [0, 0.1) is 25.2 Å². The average Bonchev–Trinajstić information content (AvgIpc) is 3.16. The Balaban J connectivity index is 1.90. The maximum atomic E-state index is 13.1. The predicted molar refractivity (Wildman–Crippen MR) is 109 cm³/mol. The van der Waals surface area contributed by atoms with Crippen molar-refractivity contribution < 1.29 is 9.90 Å². The number of fused-ring (bicyclic) bond motifs is 2. The zero-order chi connectivity index (χ0) is 20.7. The number of hydrogen-bond donors (Lipinski definition) is 1. The monoisotopic (exact) mass is 388 g/mol. The molecule has 0 bridgehead atoms. The van der Waals surface area contributed by atoms with E-state index in [-0.39, 0.29) is 25.2 Å². The van der Waals surface area contributed by atoms with E-state index in [9.17, 15) is 14.9 Å². The quantitative estimate of drug-likeness (QED) is 0.569. The van der Waals surface area contributed by atoms with Gasteiger partial charge in [-0.15, -0.1) is 0 Å². The molecule has 0 aliphatic rings. The SMILES string of the molecule is Cc1cc(C)n2c(Cn3c(=O)n(CCC(=O)O)c4ccccc43)cc(C#N)c2c1. The number of nitriles is 1. The molecule has 0 saturated carbocycles. The van der Waals surface area contributed by atoms with Gasteiger partial charge in [0.15, 0.2) is 0 Å². The minimum absolute atomic E-state index is 0.109. The maximum Gasteiger partial charge on any atom is 0.329 e. The lowest BCUT2D eigenvalue weighted by Gasteiger charge is -2.09. The van der Waals surface area contributed by atoms with E-state index >= 15 is 0 Å². The van der Waals surface area contributed by atoms with E-state index in [0.717, 1.165) is 28.0 Å². The molecule has 0 fully saturated rings. The number of aromatic nitrogens is 3. The van der Waals surface area contributed by atoms with Gasteiger partial charge < -0.3 is 9.51 Å². The molecule has 1 aromatic carbocycles. The van der Waals surface area contributed by atoms with Gasteiger partial charge in [-0.1, -0.05) is 12.1 Å². The molecule has 0 aliphatic carbocycles. The highest BCUT2D eigenvalue weighted by molar-refractivity contribution is 5.76. The van der Waals surface area contributed by atoms with Crippen LogP contribution in [0.25, 0.3) is 16.6 Å². The van der Waals surface area contributed by atoms with Gasteiger partial charge in [0.05, 0.1) is 35.1 Å². The Hall–Kier alpha value is -3.79. The maximum absolute atomic E-state index is 13.1. The van der Waals surface area contributed by atoms with E-state index < -0.39 is 5.97 Å². The van der Waals surface area contributed by atoms with Crippen molar-refractivity contribution in [3.8, 4) is 6.07 Å². The van der Waals surface area contributed by atoms with Gasteiger partial charge in [-0.3, -0.25) is 13.9 Å². The third kappa shape index (κ3) is 3.09. The molecule has 0 spiro atoms. The summed E-state index contributed by atoms with van der Waals surface area (Å²) in [5.41, 5.74) is 5.45. The van der Waals surface area contributed by atoms with E-state index in [1.165, 1.54) is 4.57 Å². The van der Waals surface area contributed by atoms with Gasteiger partial charge >= 0.3 is 11.7 Å². The number of carbonyl (C=O) groups is 1. The number of hydrogen-bond acceptors (Lipinski definition) is 3. The fourth-order valence-corrected chi connectivity index (χ4v) is 4.01. The summed E-state index contributed by atoms with van der Waals surface area (Å²) in [4.78, 5) is 24.1. The fraction of sp³-hybridized carbons (Fsp3) is 0.227. The van der Waals surface area contributed by atoms with Crippen molar-refractivity contribution in [2.24, 2.45) is 0 Å². The number of aryl methyl sites for hydroxylation is 3. The number of benzene rings is 1. The Kier molecular flexibility index (Phi) is 4.47. The van der Waals surface area contributed by atoms with Crippen LogP contribution in [-0.2, 0) is 17.9 Å². The lowest BCUT2D eigenvalue weighted by atomic mass is 10.2. The van der Waals surface area contributed by atoms with E-state index in [2.05, 4.69) is 6.07 Å². The van der Waals surface area contributed by atoms with Crippen LogP contribution >= 0.6 is 0 Å². The van der Waals surface area contributed by atoms with E-state index in [1.54, 1.807) is 4.57 Å². The number of aliphatic carboxylic acids is 1. The van der Waals surface area contributed by atoms with Crippen LogP contribution < -0.4 is 5.69 Å². The highest BCUT2D eigenvalue weighted by Crippen LogP contribution is 2.22. The largest absolute Gasteiger partial charge is 0.481 e. The van der Waals surface area contributed by atoms with Crippen LogP contribution in [0.3, 0.4) is 0 Å². The van der Waals surface area contributed by atoms with Crippen LogP contribution in [0.4, 0.5) is 0 Å². The van der Waals surface area contributed by atoms with Gasteiger partial charge in [-0.25, -0.2) is 4.79 Å². The lowest BCUT2D eigenvalue weighted by Crippen LogP contribution is -2.26. The molecule has 1 N–H and O–H groups in total. The standard InChI is InChI=1S/C22H20N4O3/c1-14-9-15(2)26-17(11-16(12-23)20(26)10-14)13-25-19-6-4-3-5-18(19)24(22(25)29)8-7-21(27)28/h3-6,9-11H,7-8,13H2,1-2H3,(H,27,28). The molecule has 0 atom stereocenters. The van der Waals surface area contributed by atoms with Crippen LogP contribution in [0.2, 0.25) is 0 Å². The van der Waals surface area contributed by atoms with Crippen molar-refractivity contribution in [1.82, 2.24) is 13.5 Å². The lowest BCUT2D eigenvalue weighted by molar-refractivity contribution is -0.137. The Morgan fingerprint density at radius 3 is 2.41 bits per heavy atom. The second-order valence-electron chi connectivity index (χ2n) is 7.21. The number of nitrogens with zero attached hydrogens (tertiary/aromatic N) is 4. The van der Waals surface area contributed by atoms with Gasteiger partial charge in [0, 0.05) is 17.9 Å². The first-order valence-corrected chi connectivity index (χ1v) is 9.32.